The van der Waals surface area contributed by atoms with Crippen LogP contribution in [0.1, 0.15) is 35.6 Å². The second-order valence-corrected chi connectivity index (χ2v) is 9.69. The zero-order valence-electron chi connectivity index (χ0n) is 19.6. The van der Waals surface area contributed by atoms with Crippen LogP contribution in [0.3, 0.4) is 0 Å². The number of nitrogens with zero attached hydrogens (tertiary/aromatic N) is 1. The number of ether oxygens (including phenoxy) is 3. The van der Waals surface area contributed by atoms with E-state index in [0.717, 1.165) is 35.3 Å². The van der Waals surface area contributed by atoms with Gasteiger partial charge in [0.25, 0.3) is 0 Å². The summed E-state index contributed by atoms with van der Waals surface area (Å²) in [6.45, 7) is 5.46. The van der Waals surface area contributed by atoms with Crippen LogP contribution in [0.2, 0.25) is 0 Å². The van der Waals surface area contributed by atoms with E-state index in [4.69, 9.17) is 14.2 Å². The lowest BCUT2D eigenvalue weighted by Crippen LogP contribution is -2.50. The van der Waals surface area contributed by atoms with Gasteiger partial charge < -0.3 is 19.3 Å². The second-order valence-electron chi connectivity index (χ2n) is 9.69. The Morgan fingerprint density at radius 3 is 2.68 bits per heavy atom. The lowest BCUT2D eigenvalue weighted by molar-refractivity contribution is -0.184. The predicted molar refractivity (Wildman–Crippen MR) is 128 cm³/mol. The highest BCUT2D eigenvalue weighted by Gasteiger charge is 2.35. The Morgan fingerprint density at radius 2 is 1.91 bits per heavy atom. The quantitative estimate of drug-likeness (QED) is 0.507. The second kappa shape index (κ2) is 9.35. The molecule has 178 valence electrons. The van der Waals surface area contributed by atoms with E-state index in [1.54, 1.807) is 12.3 Å². The maximum absolute atomic E-state index is 14.5. The number of pyridine rings is 1. The van der Waals surface area contributed by atoms with Gasteiger partial charge in [-0.25, -0.2) is 9.37 Å². The first kappa shape index (κ1) is 22.8. The summed E-state index contributed by atoms with van der Waals surface area (Å²) in [5.74, 6) is 1.65. The third-order valence-electron chi connectivity index (χ3n) is 6.71. The van der Waals surface area contributed by atoms with E-state index in [1.807, 2.05) is 25.1 Å². The van der Waals surface area contributed by atoms with E-state index in [2.05, 4.69) is 24.0 Å². The molecule has 0 spiro atoms. The van der Waals surface area contributed by atoms with E-state index >= 15 is 0 Å². The summed E-state index contributed by atoms with van der Waals surface area (Å²) < 4.78 is 31.3. The first-order valence-electron chi connectivity index (χ1n) is 11.8. The third kappa shape index (κ3) is 4.93. The molecule has 1 aromatic heterocycles. The Bertz CT molecular complexity index is 1190. The van der Waals surface area contributed by atoms with Crippen molar-refractivity contribution in [1.82, 2.24) is 4.98 Å². The largest absolute Gasteiger partial charge is 0.489 e. The summed E-state index contributed by atoms with van der Waals surface area (Å²) >= 11 is 0. The van der Waals surface area contributed by atoms with Crippen molar-refractivity contribution in [2.24, 2.45) is 5.92 Å². The summed E-state index contributed by atoms with van der Waals surface area (Å²) in [5, 5.41) is 10.1. The topological polar surface area (TPSA) is 60.8 Å². The fourth-order valence-electron chi connectivity index (χ4n) is 4.66. The number of aromatic nitrogens is 1. The standard InChI is InChI=1S/C28H30FNO4/c1-18-9-20-3-5-24(13-22(20)10-18)34-15-23-12-21(4-6-26(23)29)25-14-30-27(11-19(25)2)33-8-7-28(31)16-32-17-28/h3-6,11-14,18,31H,7-10,15-17H2,1-2H3. The van der Waals surface area contributed by atoms with Crippen molar-refractivity contribution in [3.63, 3.8) is 0 Å². The van der Waals surface area contributed by atoms with Crippen LogP contribution in [0.15, 0.2) is 48.7 Å². The van der Waals surface area contributed by atoms with E-state index in [0.29, 0.717) is 43.6 Å². The van der Waals surface area contributed by atoms with Crippen LogP contribution in [0.4, 0.5) is 4.39 Å². The highest BCUT2D eigenvalue weighted by atomic mass is 19.1. The summed E-state index contributed by atoms with van der Waals surface area (Å²) in [6, 6.07) is 13.1. The highest BCUT2D eigenvalue weighted by Crippen LogP contribution is 2.31. The molecule has 5 rings (SSSR count). The molecule has 1 saturated heterocycles. The van der Waals surface area contributed by atoms with Gasteiger partial charge in [0.1, 0.15) is 23.8 Å². The van der Waals surface area contributed by atoms with E-state index in [1.165, 1.54) is 17.2 Å². The molecule has 1 atom stereocenters. The average Bonchev–Trinajstić information content (AvgIpc) is 3.17. The molecule has 1 fully saturated rings. The molecule has 3 aromatic rings. The van der Waals surface area contributed by atoms with E-state index in [-0.39, 0.29) is 12.4 Å². The lowest BCUT2D eigenvalue weighted by atomic mass is 9.99. The van der Waals surface area contributed by atoms with Crippen molar-refractivity contribution in [3.05, 3.63) is 76.7 Å². The van der Waals surface area contributed by atoms with Crippen molar-refractivity contribution < 1.29 is 23.7 Å². The zero-order valence-corrected chi connectivity index (χ0v) is 19.6. The minimum Gasteiger partial charge on any atom is -0.489 e. The van der Waals surface area contributed by atoms with Crippen LogP contribution >= 0.6 is 0 Å². The minimum absolute atomic E-state index is 0.161. The number of fused-ring (bicyclic) bond motifs is 1. The number of aliphatic hydroxyl groups is 1. The van der Waals surface area contributed by atoms with Gasteiger partial charge in [0, 0.05) is 29.8 Å². The molecule has 0 bridgehead atoms. The zero-order chi connectivity index (χ0) is 23.7. The predicted octanol–water partition coefficient (Wildman–Crippen LogP) is 5.04. The Kier molecular flexibility index (Phi) is 6.28. The van der Waals surface area contributed by atoms with Gasteiger partial charge in [-0.3, -0.25) is 0 Å². The lowest BCUT2D eigenvalue weighted by Gasteiger charge is -2.36. The molecule has 6 heteroatoms. The van der Waals surface area contributed by atoms with Crippen LogP contribution in [-0.4, -0.2) is 35.5 Å². The molecule has 2 aromatic carbocycles. The first-order valence-corrected chi connectivity index (χ1v) is 11.8. The molecule has 0 saturated carbocycles. The van der Waals surface area contributed by atoms with Crippen molar-refractivity contribution in [3.8, 4) is 22.8 Å². The number of hydrogen-bond donors (Lipinski definition) is 1. The summed E-state index contributed by atoms with van der Waals surface area (Å²) in [4.78, 5) is 4.40. The smallest absolute Gasteiger partial charge is 0.213 e. The number of aryl methyl sites for hydroxylation is 1. The molecule has 2 aliphatic rings. The number of benzene rings is 2. The van der Waals surface area contributed by atoms with Crippen LogP contribution in [-0.2, 0) is 24.2 Å². The maximum Gasteiger partial charge on any atom is 0.213 e. The Balaban J connectivity index is 1.25. The molecule has 2 heterocycles. The fraction of sp³-hybridized carbons (Fsp3) is 0.393. The van der Waals surface area contributed by atoms with Crippen molar-refractivity contribution in [1.29, 1.82) is 0 Å². The van der Waals surface area contributed by atoms with Gasteiger partial charge in [-0.05, 0) is 72.2 Å². The molecule has 1 unspecified atom stereocenters. The summed E-state index contributed by atoms with van der Waals surface area (Å²) in [7, 11) is 0. The molecule has 5 nitrogen and oxygen atoms in total. The fourth-order valence-corrected chi connectivity index (χ4v) is 4.66. The normalized spacial score (nSPS) is 18.3. The molecular formula is C28H30FNO4. The van der Waals surface area contributed by atoms with Gasteiger partial charge in [-0.15, -0.1) is 0 Å². The van der Waals surface area contributed by atoms with Gasteiger partial charge in [0.05, 0.1) is 19.8 Å². The minimum atomic E-state index is -0.778. The van der Waals surface area contributed by atoms with Crippen LogP contribution in [0, 0.1) is 18.7 Å². The maximum atomic E-state index is 14.5. The van der Waals surface area contributed by atoms with E-state index < -0.39 is 5.60 Å². The Morgan fingerprint density at radius 1 is 1.09 bits per heavy atom. The number of hydrogen-bond acceptors (Lipinski definition) is 5. The third-order valence-corrected chi connectivity index (χ3v) is 6.71. The Labute approximate surface area is 199 Å². The van der Waals surface area contributed by atoms with Gasteiger partial charge in [-0.2, -0.15) is 0 Å². The monoisotopic (exact) mass is 463 g/mol. The summed E-state index contributed by atoms with van der Waals surface area (Å²) in [5.41, 5.74) is 5.20. The van der Waals surface area contributed by atoms with Crippen molar-refractivity contribution >= 4 is 0 Å². The molecule has 1 aliphatic heterocycles. The van der Waals surface area contributed by atoms with Gasteiger partial charge in [-0.1, -0.05) is 19.1 Å². The molecule has 34 heavy (non-hydrogen) atoms. The van der Waals surface area contributed by atoms with Crippen molar-refractivity contribution in [2.75, 3.05) is 19.8 Å². The first-order chi connectivity index (χ1) is 16.4. The van der Waals surface area contributed by atoms with Crippen LogP contribution in [0.25, 0.3) is 11.1 Å². The molecule has 0 amide bonds. The summed E-state index contributed by atoms with van der Waals surface area (Å²) in [6.07, 6.45) is 4.42. The van der Waals surface area contributed by atoms with Gasteiger partial charge >= 0.3 is 0 Å². The van der Waals surface area contributed by atoms with Crippen LogP contribution < -0.4 is 9.47 Å². The van der Waals surface area contributed by atoms with Gasteiger partial charge in [0.15, 0.2) is 0 Å². The highest BCUT2D eigenvalue weighted by molar-refractivity contribution is 5.67. The molecule has 0 radical (unpaired) electrons. The molecule has 1 N–H and O–H groups in total. The van der Waals surface area contributed by atoms with Crippen molar-refractivity contribution in [2.45, 2.75) is 45.3 Å². The molecular weight excluding hydrogens is 433 g/mol. The number of halogens is 1. The average molecular weight is 464 g/mol. The SMILES string of the molecule is Cc1cc(OCCC2(O)COC2)ncc1-c1ccc(F)c(COc2ccc3c(c2)CC(C)C3)c1. The molecule has 1 aliphatic carbocycles. The number of rotatable bonds is 8. The van der Waals surface area contributed by atoms with E-state index in [9.17, 15) is 9.50 Å². The van der Waals surface area contributed by atoms with Gasteiger partial charge in [0.2, 0.25) is 5.88 Å². The Hall–Kier alpha value is -2.96. The van der Waals surface area contributed by atoms with Crippen LogP contribution in [0.5, 0.6) is 11.6 Å².